The van der Waals surface area contributed by atoms with Gasteiger partial charge in [-0.2, -0.15) is 0 Å². The molecule has 20 heavy (non-hydrogen) atoms. The van der Waals surface area contributed by atoms with Crippen molar-refractivity contribution in [3.8, 4) is 0 Å². The van der Waals surface area contributed by atoms with Crippen LogP contribution >= 0.6 is 11.6 Å². The Labute approximate surface area is 122 Å². The van der Waals surface area contributed by atoms with Gasteiger partial charge in [-0.3, -0.25) is 4.79 Å². The molecule has 3 N–H and O–H groups in total. The first-order valence-electron chi connectivity index (χ1n) is 6.08. The third-order valence-electron chi connectivity index (χ3n) is 3.30. The summed E-state index contributed by atoms with van der Waals surface area (Å²) >= 11 is 6.03. The van der Waals surface area contributed by atoms with Crippen molar-refractivity contribution in [1.82, 2.24) is 9.88 Å². The van der Waals surface area contributed by atoms with E-state index >= 15 is 0 Å². The number of nitrogens with zero attached hydrogens (tertiary/aromatic N) is 2. The molecule has 2 unspecified atom stereocenters. The molecule has 8 heteroatoms. The second-order valence-corrected chi connectivity index (χ2v) is 4.84. The van der Waals surface area contributed by atoms with Crippen molar-refractivity contribution in [3.63, 3.8) is 0 Å². The number of nitrogen functional groups attached to an aromatic ring is 1. The van der Waals surface area contributed by atoms with Crippen LogP contribution in [0, 0.1) is 0 Å². The number of ether oxygens (including phenoxy) is 2. The monoisotopic (exact) mass is 300 g/mol. The van der Waals surface area contributed by atoms with Crippen LogP contribution in [0.4, 0.5) is 5.82 Å². The number of carbonyl (C=O) groups excluding carboxylic acids is 1. The van der Waals surface area contributed by atoms with Gasteiger partial charge in [0, 0.05) is 27.3 Å². The van der Waals surface area contributed by atoms with E-state index in [2.05, 4.69) is 10.4 Å². The predicted octanol–water partition coefficient (Wildman–Crippen LogP) is 0.506. The van der Waals surface area contributed by atoms with Gasteiger partial charge < -0.3 is 19.8 Å². The van der Waals surface area contributed by atoms with E-state index in [0.29, 0.717) is 18.9 Å². The molecule has 0 bridgehead atoms. The second-order valence-electron chi connectivity index (χ2n) is 4.43. The summed E-state index contributed by atoms with van der Waals surface area (Å²) in [6.45, 7) is 0.873. The van der Waals surface area contributed by atoms with E-state index < -0.39 is 0 Å². The number of halogens is 1. The zero-order valence-electron chi connectivity index (χ0n) is 11.3. The van der Waals surface area contributed by atoms with Crippen LogP contribution in [0.1, 0.15) is 10.5 Å². The lowest BCUT2D eigenvalue weighted by Crippen LogP contribution is -2.31. The Balaban J connectivity index is 2.20. The standard InChI is InChI=1S/C12H17ClN4O3/c1-19-8-5-17(6-9(8)20-2)12(18)11-7(13)3-4-10(15-11)16-14/h3-4,8-9H,5-6,14H2,1-2H3,(H,15,16). The first kappa shape index (κ1) is 15.0. The fraction of sp³-hybridized carbons (Fsp3) is 0.500. The number of rotatable bonds is 4. The highest BCUT2D eigenvalue weighted by Crippen LogP contribution is 2.22. The molecule has 1 aliphatic heterocycles. The average molecular weight is 301 g/mol. The summed E-state index contributed by atoms with van der Waals surface area (Å²) in [5.41, 5.74) is 2.55. The van der Waals surface area contributed by atoms with Crippen molar-refractivity contribution in [2.45, 2.75) is 12.2 Å². The number of hydrazine groups is 1. The molecule has 1 saturated heterocycles. The molecular formula is C12H17ClN4O3. The number of hydrogen-bond acceptors (Lipinski definition) is 6. The van der Waals surface area contributed by atoms with Crippen molar-refractivity contribution in [2.24, 2.45) is 5.84 Å². The number of likely N-dealkylation sites (tertiary alicyclic amines) is 1. The third kappa shape index (κ3) is 2.85. The van der Waals surface area contributed by atoms with Gasteiger partial charge in [0.15, 0.2) is 0 Å². The van der Waals surface area contributed by atoms with E-state index in [1.807, 2.05) is 0 Å². The van der Waals surface area contributed by atoms with Crippen LogP contribution in [0.5, 0.6) is 0 Å². The summed E-state index contributed by atoms with van der Waals surface area (Å²) in [7, 11) is 3.18. The Kier molecular flexibility index (Phi) is 4.77. The summed E-state index contributed by atoms with van der Waals surface area (Å²) < 4.78 is 10.6. The molecule has 7 nitrogen and oxygen atoms in total. The van der Waals surface area contributed by atoms with Gasteiger partial charge in [0.2, 0.25) is 0 Å². The number of nitrogens with one attached hydrogen (secondary N) is 1. The van der Waals surface area contributed by atoms with Crippen molar-refractivity contribution >= 4 is 23.3 Å². The van der Waals surface area contributed by atoms with Crippen LogP contribution in [-0.2, 0) is 9.47 Å². The average Bonchev–Trinajstić information content (AvgIpc) is 2.90. The van der Waals surface area contributed by atoms with Gasteiger partial charge in [0.05, 0.1) is 5.02 Å². The molecule has 0 aromatic carbocycles. The Morgan fingerprint density at radius 3 is 2.50 bits per heavy atom. The highest BCUT2D eigenvalue weighted by Gasteiger charge is 2.36. The highest BCUT2D eigenvalue weighted by atomic mass is 35.5. The molecule has 0 radical (unpaired) electrons. The Morgan fingerprint density at radius 1 is 1.40 bits per heavy atom. The Morgan fingerprint density at radius 2 is 2.00 bits per heavy atom. The second kappa shape index (κ2) is 6.36. The van der Waals surface area contributed by atoms with Gasteiger partial charge >= 0.3 is 0 Å². The number of methoxy groups -OCH3 is 2. The summed E-state index contributed by atoms with van der Waals surface area (Å²) in [6.07, 6.45) is -0.308. The van der Waals surface area contributed by atoms with E-state index in [4.69, 9.17) is 26.9 Å². The SMILES string of the molecule is COC1CN(C(=O)c2nc(NN)ccc2Cl)CC1OC. The number of amides is 1. The van der Waals surface area contributed by atoms with Crippen LogP contribution in [0.25, 0.3) is 0 Å². The topological polar surface area (TPSA) is 89.7 Å². The number of aromatic nitrogens is 1. The van der Waals surface area contributed by atoms with Crippen molar-refractivity contribution in [1.29, 1.82) is 0 Å². The summed E-state index contributed by atoms with van der Waals surface area (Å²) in [6, 6.07) is 3.17. The first-order valence-corrected chi connectivity index (χ1v) is 6.46. The predicted molar refractivity (Wildman–Crippen MR) is 74.6 cm³/mol. The van der Waals surface area contributed by atoms with Crippen LogP contribution in [0.2, 0.25) is 5.02 Å². The smallest absolute Gasteiger partial charge is 0.274 e. The number of carbonyl (C=O) groups is 1. The van der Waals surface area contributed by atoms with Gasteiger partial charge in [0.25, 0.3) is 5.91 Å². The molecule has 2 heterocycles. The number of hydrogen-bond donors (Lipinski definition) is 2. The third-order valence-corrected chi connectivity index (χ3v) is 3.61. The maximum absolute atomic E-state index is 12.5. The minimum atomic E-state index is -0.270. The Bertz CT molecular complexity index is 488. The lowest BCUT2D eigenvalue weighted by molar-refractivity contribution is -0.00461. The normalized spacial score (nSPS) is 22.1. The molecule has 1 aromatic heterocycles. The van der Waals surface area contributed by atoms with Crippen LogP contribution in [0.15, 0.2) is 12.1 Å². The van der Waals surface area contributed by atoms with E-state index in [0.717, 1.165) is 0 Å². The van der Waals surface area contributed by atoms with E-state index in [9.17, 15) is 4.79 Å². The molecule has 0 spiro atoms. The molecule has 1 fully saturated rings. The summed E-state index contributed by atoms with van der Waals surface area (Å²) in [5.74, 6) is 5.40. The highest BCUT2D eigenvalue weighted by molar-refractivity contribution is 6.33. The zero-order valence-corrected chi connectivity index (χ0v) is 12.1. The molecule has 1 aliphatic rings. The number of anilines is 1. The molecule has 110 valence electrons. The van der Waals surface area contributed by atoms with Crippen molar-refractivity contribution in [2.75, 3.05) is 32.7 Å². The fourth-order valence-corrected chi connectivity index (χ4v) is 2.37. The van der Waals surface area contributed by atoms with Gasteiger partial charge in [0.1, 0.15) is 23.7 Å². The summed E-state index contributed by atoms with van der Waals surface area (Å²) in [4.78, 5) is 18.2. The van der Waals surface area contributed by atoms with Crippen LogP contribution in [0.3, 0.4) is 0 Å². The van der Waals surface area contributed by atoms with Crippen molar-refractivity contribution in [3.05, 3.63) is 22.8 Å². The molecule has 0 saturated carbocycles. The molecule has 1 amide bonds. The van der Waals surface area contributed by atoms with Gasteiger partial charge in [-0.15, -0.1) is 0 Å². The molecule has 2 atom stereocenters. The quantitative estimate of drug-likeness (QED) is 0.622. The molecule has 2 rings (SSSR count). The number of nitrogens with two attached hydrogens (primary N) is 1. The molecular weight excluding hydrogens is 284 g/mol. The maximum Gasteiger partial charge on any atom is 0.274 e. The van der Waals surface area contributed by atoms with Gasteiger partial charge in [-0.05, 0) is 12.1 Å². The van der Waals surface area contributed by atoms with Gasteiger partial charge in [-0.25, -0.2) is 10.8 Å². The fourth-order valence-electron chi connectivity index (χ4n) is 2.18. The minimum Gasteiger partial charge on any atom is -0.377 e. The largest absolute Gasteiger partial charge is 0.377 e. The first-order chi connectivity index (χ1) is 9.60. The molecule has 1 aromatic rings. The number of pyridine rings is 1. The minimum absolute atomic E-state index is 0.154. The van der Waals surface area contributed by atoms with Gasteiger partial charge in [-0.1, -0.05) is 11.6 Å². The molecule has 0 aliphatic carbocycles. The lowest BCUT2D eigenvalue weighted by Gasteiger charge is -2.16. The maximum atomic E-state index is 12.5. The Hall–Kier alpha value is -1.41. The van der Waals surface area contributed by atoms with Crippen LogP contribution in [-0.4, -0.2) is 55.3 Å². The van der Waals surface area contributed by atoms with E-state index in [1.165, 1.54) is 0 Å². The van der Waals surface area contributed by atoms with E-state index in [1.54, 1.807) is 31.3 Å². The van der Waals surface area contributed by atoms with Crippen LogP contribution < -0.4 is 11.3 Å². The zero-order chi connectivity index (χ0) is 14.7. The summed E-state index contributed by atoms with van der Waals surface area (Å²) in [5, 5.41) is 0.281. The lowest BCUT2D eigenvalue weighted by atomic mass is 10.3. The van der Waals surface area contributed by atoms with E-state index in [-0.39, 0.29) is 28.8 Å². The van der Waals surface area contributed by atoms with Crippen molar-refractivity contribution < 1.29 is 14.3 Å².